The quantitative estimate of drug-likeness (QED) is 0.326. The summed E-state index contributed by atoms with van der Waals surface area (Å²) in [5.41, 5.74) is -0.186. The van der Waals surface area contributed by atoms with E-state index in [0.29, 0.717) is 41.5 Å². The number of hydrogen-bond acceptors (Lipinski definition) is 6. The van der Waals surface area contributed by atoms with Crippen molar-refractivity contribution in [2.24, 2.45) is 0 Å². The summed E-state index contributed by atoms with van der Waals surface area (Å²) in [5, 5.41) is 21.7. The van der Waals surface area contributed by atoms with Crippen LogP contribution >= 0.6 is 0 Å². The lowest BCUT2D eigenvalue weighted by Gasteiger charge is -2.20. The van der Waals surface area contributed by atoms with E-state index in [-0.39, 0.29) is 29.0 Å². The Morgan fingerprint density at radius 1 is 0.973 bits per heavy atom. The van der Waals surface area contributed by atoms with Gasteiger partial charge in [0.2, 0.25) is 0 Å². The van der Waals surface area contributed by atoms with Gasteiger partial charge in [0.1, 0.15) is 30.0 Å². The van der Waals surface area contributed by atoms with Gasteiger partial charge in [-0.2, -0.15) is 13.2 Å². The summed E-state index contributed by atoms with van der Waals surface area (Å²) in [7, 11) is 0. The Bertz CT molecular complexity index is 1420. The molecule has 6 nitrogen and oxygen atoms in total. The van der Waals surface area contributed by atoms with Gasteiger partial charge < -0.3 is 24.4 Å². The second kappa shape index (κ2) is 9.97. The summed E-state index contributed by atoms with van der Waals surface area (Å²) in [4.78, 5) is 4.24. The van der Waals surface area contributed by atoms with Gasteiger partial charge >= 0.3 is 6.18 Å². The third-order valence-electron chi connectivity index (χ3n) is 6.03. The summed E-state index contributed by atoms with van der Waals surface area (Å²) in [6.45, 7) is 1.19. The van der Waals surface area contributed by atoms with Crippen LogP contribution in [-0.4, -0.2) is 41.3 Å². The van der Waals surface area contributed by atoms with Crippen molar-refractivity contribution in [1.29, 1.82) is 0 Å². The largest absolute Gasteiger partial charge is 0.508 e. The molecule has 1 aliphatic heterocycles. The molecule has 2 heterocycles. The molecule has 10 heteroatoms. The van der Waals surface area contributed by atoms with Crippen molar-refractivity contribution in [3.05, 3.63) is 89.4 Å². The third-order valence-corrected chi connectivity index (χ3v) is 6.03. The topological polar surface area (TPSA) is 81.0 Å². The van der Waals surface area contributed by atoms with Gasteiger partial charge in [-0.1, -0.05) is 18.2 Å². The van der Waals surface area contributed by atoms with E-state index in [9.17, 15) is 27.8 Å². The number of alkyl halides is 3. The third kappa shape index (κ3) is 5.22. The molecule has 0 saturated carbocycles. The molecule has 0 unspecified atom stereocenters. The minimum atomic E-state index is -4.71. The van der Waals surface area contributed by atoms with Gasteiger partial charge in [-0.15, -0.1) is 0 Å². The fourth-order valence-electron chi connectivity index (χ4n) is 4.20. The van der Waals surface area contributed by atoms with E-state index in [2.05, 4.69) is 4.98 Å². The number of aromatic hydroxyl groups is 1. The number of rotatable bonds is 6. The van der Waals surface area contributed by atoms with E-state index < -0.39 is 30.0 Å². The zero-order chi connectivity index (χ0) is 26.2. The first-order valence-electron chi connectivity index (χ1n) is 11.3. The lowest BCUT2D eigenvalue weighted by molar-refractivity contribution is -0.137. The highest BCUT2D eigenvalue weighted by Crippen LogP contribution is 2.40. The molecule has 192 valence electrons. The normalized spacial score (nSPS) is 15.3. The van der Waals surface area contributed by atoms with Crippen molar-refractivity contribution in [1.82, 2.24) is 4.98 Å². The monoisotopic (exact) mass is 515 g/mol. The average molecular weight is 515 g/mol. The molecule has 3 aromatic carbocycles. The number of aromatic nitrogens is 1. The molecule has 1 atom stereocenters. The number of hydrogen-bond donors (Lipinski definition) is 2. The van der Waals surface area contributed by atoms with Crippen molar-refractivity contribution in [2.75, 3.05) is 19.8 Å². The van der Waals surface area contributed by atoms with Crippen LogP contribution in [0.5, 0.6) is 11.5 Å². The van der Waals surface area contributed by atoms with Crippen LogP contribution in [0.3, 0.4) is 0 Å². The number of phenols is 1. The molecule has 5 rings (SSSR count). The molecule has 2 N–H and O–H groups in total. The zero-order valence-electron chi connectivity index (χ0n) is 19.2. The first kappa shape index (κ1) is 24.9. The van der Waals surface area contributed by atoms with Crippen LogP contribution in [0, 0.1) is 5.82 Å². The van der Waals surface area contributed by atoms with Crippen molar-refractivity contribution in [3.63, 3.8) is 0 Å². The summed E-state index contributed by atoms with van der Waals surface area (Å²) < 4.78 is 70.5. The molecule has 1 aromatic heterocycles. The fraction of sp³-hybridized carbons (Fsp3) is 0.222. The molecule has 1 fully saturated rings. The molecular weight excluding hydrogens is 494 g/mol. The molecule has 0 spiro atoms. The standard InChI is InChI=1S/C27H21F4NO5/c28-22-11-16(27(29,30)31)3-7-19(22)21-13-32-23-12-17(33)4-8-20(23)25(21)26(34)15-1-5-18(6-2-15)37-14-24-35-9-10-36-24/h1-8,11-13,24,26,33-34H,9-10,14H2/t26-/m1/s1. The predicted molar refractivity (Wildman–Crippen MR) is 125 cm³/mol. The number of aliphatic hydroxyl groups is 1. The number of aliphatic hydroxyl groups excluding tert-OH is 1. The molecule has 0 bridgehead atoms. The van der Waals surface area contributed by atoms with Crippen LogP contribution in [0.1, 0.15) is 22.8 Å². The van der Waals surface area contributed by atoms with Gasteiger partial charge in [0, 0.05) is 34.3 Å². The molecular formula is C27H21F4NO5. The second-order valence-corrected chi connectivity index (χ2v) is 8.43. The number of ether oxygens (including phenoxy) is 3. The number of phenolic OH excluding ortho intramolecular Hbond substituents is 1. The molecule has 1 saturated heterocycles. The van der Waals surface area contributed by atoms with Crippen LogP contribution in [0.25, 0.3) is 22.0 Å². The molecule has 37 heavy (non-hydrogen) atoms. The van der Waals surface area contributed by atoms with Gasteiger partial charge in [0.25, 0.3) is 0 Å². The van der Waals surface area contributed by atoms with Crippen molar-refractivity contribution < 1.29 is 42.0 Å². The highest BCUT2D eigenvalue weighted by atomic mass is 19.4. The van der Waals surface area contributed by atoms with Gasteiger partial charge in [0.05, 0.1) is 24.3 Å². The van der Waals surface area contributed by atoms with Crippen LogP contribution in [-0.2, 0) is 15.7 Å². The van der Waals surface area contributed by atoms with E-state index in [4.69, 9.17) is 14.2 Å². The Morgan fingerprint density at radius 2 is 1.70 bits per heavy atom. The average Bonchev–Trinajstić information content (AvgIpc) is 3.40. The van der Waals surface area contributed by atoms with Gasteiger partial charge in [-0.3, -0.25) is 4.98 Å². The van der Waals surface area contributed by atoms with Gasteiger partial charge in [-0.05, 0) is 42.0 Å². The number of nitrogens with zero attached hydrogens (tertiary/aromatic N) is 1. The van der Waals surface area contributed by atoms with Crippen LogP contribution in [0.15, 0.2) is 66.9 Å². The maximum absolute atomic E-state index is 15.0. The lowest BCUT2D eigenvalue weighted by Crippen LogP contribution is -2.18. The smallest absolute Gasteiger partial charge is 0.416 e. The van der Waals surface area contributed by atoms with E-state index in [0.717, 1.165) is 12.1 Å². The molecule has 0 radical (unpaired) electrons. The minimum Gasteiger partial charge on any atom is -0.508 e. The summed E-state index contributed by atoms with van der Waals surface area (Å²) in [6.07, 6.45) is -5.19. The first-order chi connectivity index (χ1) is 17.7. The van der Waals surface area contributed by atoms with Crippen molar-refractivity contribution >= 4 is 10.9 Å². The van der Waals surface area contributed by atoms with Crippen molar-refractivity contribution in [3.8, 4) is 22.6 Å². The number of pyridine rings is 1. The van der Waals surface area contributed by atoms with Crippen LogP contribution in [0.4, 0.5) is 17.6 Å². The minimum absolute atomic E-state index is 0.0642. The van der Waals surface area contributed by atoms with Gasteiger partial charge in [-0.25, -0.2) is 4.39 Å². The number of halogens is 4. The SMILES string of the molecule is Oc1ccc2c([C@H](O)c3ccc(OCC4OCCO4)cc3)c(-c3ccc(C(F)(F)F)cc3F)cnc2c1. The predicted octanol–water partition coefficient (Wildman–Crippen LogP) is 5.60. The highest BCUT2D eigenvalue weighted by molar-refractivity contribution is 5.90. The summed E-state index contributed by atoms with van der Waals surface area (Å²) in [6, 6.07) is 13.0. The van der Waals surface area contributed by atoms with Crippen LogP contribution in [0.2, 0.25) is 0 Å². The maximum atomic E-state index is 15.0. The zero-order valence-corrected chi connectivity index (χ0v) is 19.2. The molecule has 1 aliphatic rings. The van der Waals surface area contributed by atoms with Crippen molar-refractivity contribution in [2.45, 2.75) is 18.6 Å². The Labute approximate surface area is 208 Å². The maximum Gasteiger partial charge on any atom is 0.416 e. The van der Waals surface area contributed by atoms with E-state index in [1.165, 1.54) is 24.4 Å². The Kier molecular flexibility index (Phi) is 6.72. The van der Waals surface area contributed by atoms with E-state index in [1.54, 1.807) is 24.3 Å². The molecule has 0 amide bonds. The first-order valence-corrected chi connectivity index (χ1v) is 11.3. The highest BCUT2D eigenvalue weighted by Gasteiger charge is 2.32. The summed E-state index contributed by atoms with van der Waals surface area (Å²) >= 11 is 0. The van der Waals surface area contributed by atoms with Gasteiger partial charge in [0.15, 0.2) is 6.29 Å². The van der Waals surface area contributed by atoms with Crippen LogP contribution < -0.4 is 4.74 Å². The Morgan fingerprint density at radius 3 is 2.38 bits per heavy atom. The molecule has 0 aliphatic carbocycles. The lowest BCUT2D eigenvalue weighted by atomic mass is 9.90. The second-order valence-electron chi connectivity index (χ2n) is 8.43. The fourth-order valence-corrected chi connectivity index (χ4v) is 4.20. The van der Waals surface area contributed by atoms with E-state index >= 15 is 0 Å². The summed E-state index contributed by atoms with van der Waals surface area (Å²) in [5.74, 6) is -0.664. The Hall–Kier alpha value is -3.73. The molecule has 4 aromatic rings. The number of fused-ring (bicyclic) bond motifs is 1. The van der Waals surface area contributed by atoms with E-state index in [1.807, 2.05) is 0 Å². The number of benzene rings is 3. The Balaban J connectivity index is 1.54.